The van der Waals surface area contributed by atoms with Gasteiger partial charge >= 0.3 is 0 Å². The number of carbonyl (C=O) groups is 1. The number of carbonyl (C=O) groups excluding carboxylic acids is 1. The molecule has 0 unspecified atom stereocenters. The van der Waals surface area contributed by atoms with Crippen molar-refractivity contribution in [1.82, 2.24) is 9.79 Å². The standard InChI is InChI=1S/C21H23N3O4S/c1-16(25)19-5-7-21(8-6-19)29(26,27)24-11-9-20(10-12-24)23-28-15-18-4-2-3-17(13-18)14-22/h2-8,13,20,23H,9-12,15H2,1H3. The molecular formula is C21H23N3O4S. The van der Waals surface area contributed by atoms with Gasteiger partial charge in [0.15, 0.2) is 5.78 Å². The molecule has 2 aromatic rings. The molecule has 0 saturated carbocycles. The molecule has 1 fully saturated rings. The first kappa shape index (κ1) is 21.1. The van der Waals surface area contributed by atoms with E-state index >= 15 is 0 Å². The third-order valence-corrected chi connectivity index (χ3v) is 6.81. The van der Waals surface area contributed by atoms with E-state index in [9.17, 15) is 13.2 Å². The van der Waals surface area contributed by atoms with Crippen LogP contribution < -0.4 is 5.48 Å². The normalized spacial score (nSPS) is 15.7. The maximum absolute atomic E-state index is 12.8. The second-order valence-corrected chi connectivity index (χ2v) is 8.92. The highest BCUT2D eigenvalue weighted by molar-refractivity contribution is 7.89. The Morgan fingerprint density at radius 1 is 1.21 bits per heavy atom. The summed E-state index contributed by atoms with van der Waals surface area (Å²) in [6.07, 6.45) is 1.26. The van der Waals surface area contributed by atoms with E-state index in [1.54, 1.807) is 24.3 Å². The SMILES string of the molecule is CC(=O)c1ccc(S(=O)(=O)N2CCC(NOCc3cccc(C#N)c3)CC2)cc1. The van der Waals surface area contributed by atoms with E-state index < -0.39 is 10.0 Å². The molecule has 1 aliphatic heterocycles. The van der Waals surface area contributed by atoms with Crippen molar-refractivity contribution < 1.29 is 18.0 Å². The highest BCUT2D eigenvalue weighted by Gasteiger charge is 2.29. The van der Waals surface area contributed by atoms with E-state index in [0.29, 0.717) is 43.7 Å². The van der Waals surface area contributed by atoms with Crippen molar-refractivity contribution in [2.75, 3.05) is 13.1 Å². The molecule has 1 N–H and O–H groups in total. The number of Topliss-reactive ketones (excluding diaryl/α,β-unsaturated/α-hetero) is 1. The van der Waals surface area contributed by atoms with Gasteiger partial charge < -0.3 is 0 Å². The van der Waals surface area contributed by atoms with Crippen LogP contribution in [0.15, 0.2) is 53.4 Å². The Kier molecular flexibility index (Phi) is 6.77. The minimum atomic E-state index is -3.58. The number of nitriles is 1. The summed E-state index contributed by atoms with van der Waals surface area (Å²) in [6, 6.07) is 15.4. The zero-order chi connectivity index (χ0) is 20.9. The number of hydroxylamine groups is 1. The molecule has 3 rings (SSSR count). The van der Waals surface area contributed by atoms with Gasteiger partial charge in [0.25, 0.3) is 0 Å². The lowest BCUT2D eigenvalue weighted by Gasteiger charge is -2.31. The van der Waals surface area contributed by atoms with Gasteiger partial charge in [-0.05, 0) is 49.6 Å². The quantitative estimate of drug-likeness (QED) is 0.553. The molecule has 1 heterocycles. The Labute approximate surface area is 170 Å². The van der Waals surface area contributed by atoms with E-state index in [4.69, 9.17) is 10.1 Å². The van der Waals surface area contributed by atoms with E-state index in [1.807, 2.05) is 12.1 Å². The first-order valence-corrected chi connectivity index (χ1v) is 10.8. The molecule has 8 heteroatoms. The Morgan fingerprint density at radius 3 is 2.52 bits per heavy atom. The van der Waals surface area contributed by atoms with Crippen LogP contribution in [0.5, 0.6) is 0 Å². The van der Waals surface area contributed by atoms with Crippen molar-refractivity contribution >= 4 is 15.8 Å². The Morgan fingerprint density at radius 2 is 1.90 bits per heavy atom. The second kappa shape index (κ2) is 9.29. The van der Waals surface area contributed by atoms with Crippen LogP contribution in [0, 0.1) is 11.3 Å². The number of hydrogen-bond acceptors (Lipinski definition) is 6. The molecule has 0 amide bonds. The van der Waals surface area contributed by atoms with Gasteiger partial charge in [-0.25, -0.2) is 8.42 Å². The number of rotatable bonds is 7. The summed E-state index contributed by atoms with van der Waals surface area (Å²) in [5, 5.41) is 8.93. The average Bonchev–Trinajstić information content (AvgIpc) is 2.74. The number of ketones is 1. The lowest BCUT2D eigenvalue weighted by atomic mass is 10.1. The van der Waals surface area contributed by atoms with Crippen molar-refractivity contribution in [2.24, 2.45) is 0 Å². The van der Waals surface area contributed by atoms with Crippen LogP contribution in [0.1, 0.15) is 41.3 Å². The van der Waals surface area contributed by atoms with Gasteiger partial charge in [0.1, 0.15) is 0 Å². The van der Waals surface area contributed by atoms with E-state index in [0.717, 1.165) is 5.56 Å². The Bertz CT molecular complexity index is 1000. The molecule has 0 aromatic heterocycles. The third kappa shape index (κ3) is 5.28. The molecule has 0 bridgehead atoms. The fourth-order valence-electron chi connectivity index (χ4n) is 3.20. The zero-order valence-corrected chi connectivity index (χ0v) is 17.0. The van der Waals surface area contributed by atoms with Crippen LogP contribution in [-0.2, 0) is 21.5 Å². The number of benzene rings is 2. The molecule has 1 saturated heterocycles. The Balaban J connectivity index is 1.50. The molecule has 0 atom stereocenters. The third-order valence-electron chi connectivity index (χ3n) is 4.90. The summed E-state index contributed by atoms with van der Waals surface area (Å²) in [5.41, 5.74) is 4.97. The highest BCUT2D eigenvalue weighted by atomic mass is 32.2. The number of piperidine rings is 1. The van der Waals surface area contributed by atoms with Gasteiger partial charge in [-0.1, -0.05) is 24.3 Å². The first-order chi connectivity index (χ1) is 13.9. The predicted molar refractivity (Wildman–Crippen MR) is 107 cm³/mol. The minimum absolute atomic E-state index is 0.0562. The van der Waals surface area contributed by atoms with E-state index in [1.165, 1.54) is 23.4 Å². The molecule has 7 nitrogen and oxygen atoms in total. The smallest absolute Gasteiger partial charge is 0.243 e. The maximum atomic E-state index is 12.8. The highest BCUT2D eigenvalue weighted by Crippen LogP contribution is 2.21. The van der Waals surface area contributed by atoms with Crippen molar-refractivity contribution in [3.05, 3.63) is 65.2 Å². The van der Waals surface area contributed by atoms with Crippen molar-refractivity contribution in [2.45, 2.75) is 37.3 Å². The monoisotopic (exact) mass is 413 g/mol. The van der Waals surface area contributed by atoms with Gasteiger partial charge in [0.05, 0.1) is 23.1 Å². The van der Waals surface area contributed by atoms with Crippen LogP contribution in [-0.4, -0.2) is 37.6 Å². The number of nitrogens with zero attached hydrogens (tertiary/aromatic N) is 2. The van der Waals surface area contributed by atoms with Crippen molar-refractivity contribution in [3.63, 3.8) is 0 Å². The van der Waals surface area contributed by atoms with Gasteiger partial charge in [-0.3, -0.25) is 9.63 Å². The average molecular weight is 413 g/mol. The van der Waals surface area contributed by atoms with Crippen LogP contribution >= 0.6 is 0 Å². The predicted octanol–water partition coefficient (Wildman–Crippen LogP) is 2.64. The van der Waals surface area contributed by atoms with Gasteiger partial charge in [0.2, 0.25) is 10.0 Å². The summed E-state index contributed by atoms with van der Waals surface area (Å²) < 4.78 is 27.1. The van der Waals surface area contributed by atoms with Crippen molar-refractivity contribution in [1.29, 1.82) is 5.26 Å². The molecule has 1 aliphatic rings. The Hall–Kier alpha value is -2.57. The summed E-state index contributed by atoms with van der Waals surface area (Å²) in [6.45, 7) is 2.56. The summed E-state index contributed by atoms with van der Waals surface area (Å²) in [5.74, 6) is -0.0970. The molecule has 0 spiro atoms. The number of nitrogens with one attached hydrogen (secondary N) is 1. The largest absolute Gasteiger partial charge is 0.297 e. The van der Waals surface area contributed by atoms with Crippen molar-refractivity contribution in [3.8, 4) is 6.07 Å². The minimum Gasteiger partial charge on any atom is -0.297 e. The van der Waals surface area contributed by atoms with Crippen LogP contribution in [0.4, 0.5) is 0 Å². The van der Waals surface area contributed by atoms with Crippen LogP contribution in [0.25, 0.3) is 0 Å². The number of sulfonamides is 1. The van der Waals surface area contributed by atoms with Gasteiger partial charge in [-0.2, -0.15) is 15.0 Å². The molecular weight excluding hydrogens is 390 g/mol. The summed E-state index contributed by atoms with van der Waals surface area (Å²) in [4.78, 5) is 17.1. The van der Waals surface area contributed by atoms with Crippen LogP contribution in [0.2, 0.25) is 0 Å². The fourth-order valence-corrected chi connectivity index (χ4v) is 4.67. The van der Waals surface area contributed by atoms with Gasteiger partial charge in [0, 0.05) is 24.7 Å². The van der Waals surface area contributed by atoms with Crippen LogP contribution in [0.3, 0.4) is 0 Å². The molecule has 2 aromatic carbocycles. The molecule has 0 aliphatic carbocycles. The van der Waals surface area contributed by atoms with E-state index in [2.05, 4.69) is 11.5 Å². The molecule has 29 heavy (non-hydrogen) atoms. The maximum Gasteiger partial charge on any atom is 0.243 e. The molecule has 0 radical (unpaired) electrons. The first-order valence-electron chi connectivity index (χ1n) is 9.37. The zero-order valence-electron chi connectivity index (χ0n) is 16.2. The van der Waals surface area contributed by atoms with E-state index in [-0.39, 0.29) is 16.7 Å². The summed E-state index contributed by atoms with van der Waals surface area (Å²) in [7, 11) is -3.58. The number of hydrogen-bond donors (Lipinski definition) is 1. The topological polar surface area (TPSA) is 99.5 Å². The molecule has 152 valence electrons. The lowest BCUT2D eigenvalue weighted by Crippen LogP contribution is -2.44. The fraction of sp³-hybridized carbons (Fsp3) is 0.333. The lowest BCUT2D eigenvalue weighted by molar-refractivity contribution is -0.00690. The second-order valence-electron chi connectivity index (χ2n) is 6.98. The van der Waals surface area contributed by atoms with Gasteiger partial charge in [-0.15, -0.1) is 0 Å². The summed E-state index contributed by atoms with van der Waals surface area (Å²) >= 11 is 0.